The Kier molecular flexibility index (Phi) is 2.22. The van der Waals surface area contributed by atoms with Crippen LogP contribution < -0.4 is 4.74 Å². The van der Waals surface area contributed by atoms with Gasteiger partial charge in [-0.2, -0.15) is 0 Å². The number of benzene rings is 1. The van der Waals surface area contributed by atoms with Crippen molar-refractivity contribution in [2.45, 2.75) is 55.1 Å². The molecule has 2 aliphatic heterocycles. The van der Waals surface area contributed by atoms with E-state index >= 15 is 0 Å². The SMILES string of the molecule is C[C@H]1N(C)C2C[C@]34c5c2ccc(O)c5O[C@H]3C(=O)C[C@@H](O)C14O. The second kappa shape index (κ2) is 3.71. The molecule has 0 radical (unpaired) electrons. The molecule has 23 heavy (non-hydrogen) atoms. The third-order valence-corrected chi connectivity index (χ3v) is 6.82. The monoisotopic (exact) mass is 317 g/mol. The summed E-state index contributed by atoms with van der Waals surface area (Å²) < 4.78 is 5.85. The molecular weight excluding hydrogens is 298 g/mol. The van der Waals surface area contributed by atoms with Gasteiger partial charge in [0.25, 0.3) is 0 Å². The van der Waals surface area contributed by atoms with E-state index in [4.69, 9.17) is 4.74 Å². The molecule has 4 aliphatic rings. The highest BCUT2D eigenvalue weighted by Crippen LogP contribution is 2.69. The maximum Gasteiger partial charge on any atom is 0.177 e. The highest BCUT2D eigenvalue weighted by atomic mass is 16.5. The lowest BCUT2D eigenvalue weighted by molar-refractivity contribution is -0.223. The summed E-state index contributed by atoms with van der Waals surface area (Å²) in [4.78, 5) is 14.6. The van der Waals surface area contributed by atoms with Gasteiger partial charge >= 0.3 is 0 Å². The molecule has 2 unspecified atom stereocenters. The van der Waals surface area contributed by atoms with Gasteiger partial charge in [0.1, 0.15) is 5.60 Å². The Labute approximate surface area is 133 Å². The minimum Gasteiger partial charge on any atom is -0.504 e. The highest BCUT2D eigenvalue weighted by molar-refractivity contribution is 5.91. The lowest BCUT2D eigenvalue weighted by Crippen LogP contribution is -2.76. The topological polar surface area (TPSA) is 90.2 Å². The van der Waals surface area contributed by atoms with Gasteiger partial charge in [0.15, 0.2) is 23.4 Å². The number of phenols is 1. The van der Waals surface area contributed by atoms with Crippen molar-refractivity contribution in [1.82, 2.24) is 4.90 Å². The number of aromatic hydroxyl groups is 1. The van der Waals surface area contributed by atoms with Crippen LogP contribution in [0, 0.1) is 0 Å². The summed E-state index contributed by atoms with van der Waals surface area (Å²) >= 11 is 0. The molecule has 1 saturated carbocycles. The number of likely N-dealkylation sites (N-methyl/N-ethyl adjacent to an activating group) is 1. The lowest BCUT2D eigenvalue weighted by Gasteiger charge is -2.59. The van der Waals surface area contributed by atoms with Gasteiger partial charge in [0.05, 0.1) is 11.5 Å². The Balaban J connectivity index is 1.91. The van der Waals surface area contributed by atoms with Crippen LogP contribution in [-0.2, 0) is 10.2 Å². The maximum atomic E-state index is 12.6. The number of Topliss-reactive ketones (excluding diaryl/α,β-unsaturated/α-hetero) is 1. The van der Waals surface area contributed by atoms with E-state index in [0.717, 1.165) is 11.1 Å². The zero-order chi connectivity index (χ0) is 16.3. The third kappa shape index (κ3) is 1.15. The van der Waals surface area contributed by atoms with Crippen molar-refractivity contribution >= 4 is 5.78 Å². The molecule has 2 aliphatic carbocycles. The molecular formula is C17H19NO5. The smallest absolute Gasteiger partial charge is 0.177 e. The van der Waals surface area contributed by atoms with Gasteiger partial charge in [0, 0.05) is 24.1 Å². The number of carbonyl (C=O) groups is 1. The summed E-state index contributed by atoms with van der Waals surface area (Å²) in [7, 11) is 1.93. The molecule has 122 valence electrons. The van der Waals surface area contributed by atoms with Gasteiger partial charge in [-0.3, -0.25) is 9.69 Å². The third-order valence-electron chi connectivity index (χ3n) is 6.82. The number of hydrogen-bond acceptors (Lipinski definition) is 6. The molecule has 6 atom stereocenters. The summed E-state index contributed by atoms with van der Waals surface area (Å²) in [6.45, 7) is 1.88. The molecule has 6 nitrogen and oxygen atoms in total. The zero-order valence-electron chi connectivity index (χ0n) is 13.0. The summed E-state index contributed by atoms with van der Waals surface area (Å²) in [6.07, 6.45) is -1.59. The number of phenolic OH excluding ortho intramolecular Hbond substituents is 1. The van der Waals surface area contributed by atoms with E-state index in [2.05, 4.69) is 4.90 Å². The predicted molar refractivity (Wildman–Crippen MR) is 79.4 cm³/mol. The van der Waals surface area contributed by atoms with Crippen molar-refractivity contribution in [3.05, 3.63) is 23.3 Å². The van der Waals surface area contributed by atoms with Crippen LogP contribution in [0.2, 0.25) is 0 Å². The van der Waals surface area contributed by atoms with Crippen molar-refractivity contribution in [3.8, 4) is 11.5 Å². The van der Waals surface area contributed by atoms with Gasteiger partial charge in [-0.1, -0.05) is 6.07 Å². The van der Waals surface area contributed by atoms with Gasteiger partial charge in [-0.25, -0.2) is 0 Å². The van der Waals surface area contributed by atoms with Crippen molar-refractivity contribution < 1.29 is 24.9 Å². The van der Waals surface area contributed by atoms with Crippen LogP contribution in [0.4, 0.5) is 0 Å². The molecule has 3 N–H and O–H groups in total. The van der Waals surface area contributed by atoms with Crippen molar-refractivity contribution in [1.29, 1.82) is 0 Å². The largest absolute Gasteiger partial charge is 0.504 e. The fraction of sp³-hybridized carbons (Fsp3) is 0.588. The number of aliphatic hydroxyl groups excluding tert-OH is 1. The van der Waals surface area contributed by atoms with E-state index in [-0.39, 0.29) is 30.0 Å². The van der Waals surface area contributed by atoms with E-state index < -0.39 is 23.2 Å². The number of fused-ring (bicyclic) bond motifs is 2. The molecule has 1 aromatic rings. The average molecular weight is 317 g/mol. The number of piperidine rings is 1. The number of rotatable bonds is 0. The molecule has 1 aromatic carbocycles. The Bertz CT molecular complexity index is 764. The van der Waals surface area contributed by atoms with Crippen LogP contribution in [-0.4, -0.2) is 56.9 Å². The first-order valence-electron chi connectivity index (χ1n) is 8.02. The van der Waals surface area contributed by atoms with E-state index in [1.807, 2.05) is 20.0 Å². The fourth-order valence-electron chi connectivity index (χ4n) is 5.68. The Hall–Kier alpha value is -1.63. The fourth-order valence-corrected chi connectivity index (χ4v) is 5.68. The first kappa shape index (κ1) is 13.8. The van der Waals surface area contributed by atoms with E-state index in [9.17, 15) is 20.1 Å². The number of carbonyl (C=O) groups excluding carboxylic acids is 1. The van der Waals surface area contributed by atoms with Crippen molar-refractivity contribution in [2.75, 3.05) is 7.05 Å². The Morgan fingerprint density at radius 3 is 2.87 bits per heavy atom. The van der Waals surface area contributed by atoms with Gasteiger partial charge in [-0.15, -0.1) is 0 Å². The minimum absolute atomic E-state index is 0.0139. The normalized spacial score (nSPS) is 46.7. The second-order valence-electron chi connectivity index (χ2n) is 7.42. The standard InChI is InChI=1S/C17H19NO5/c1-7-17(22)12(21)5-11(20)15-16(17)6-9(18(7)2)8-3-4-10(19)14(23-15)13(8)16/h3-4,7,9,12,15,19,21-22H,5-6H2,1-2H3/t7-,9?,12-,15+,16+,17?/m1/s1. The van der Waals surface area contributed by atoms with Crippen LogP contribution in [0.25, 0.3) is 0 Å². The Morgan fingerprint density at radius 2 is 2.13 bits per heavy atom. The summed E-state index contributed by atoms with van der Waals surface area (Å²) in [5.74, 6) is 0.0829. The molecule has 5 rings (SSSR count). The summed E-state index contributed by atoms with van der Waals surface area (Å²) in [5, 5.41) is 32.5. The average Bonchev–Trinajstić information content (AvgIpc) is 3.02. The lowest BCUT2D eigenvalue weighted by atomic mass is 9.54. The van der Waals surface area contributed by atoms with Crippen LogP contribution in [0.5, 0.6) is 11.5 Å². The second-order valence-corrected chi connectivity index (χ2v) is 7.42. The maximum absolute atomic E-state index is 12.6. The van der Waals surface area contributed by atoms with Crippen molar-refractivity contribution in [3.63, 3.8) is 0 Å². The van der Waals surface area contributed by atoms with Crippen LogP contribution >= 0.6 is 0 Å². The molecule has 2 heterocycles. The molecule has 6 heteroatoms. The highest BCUT2D eigenvalue weighted by Gasteiger charge is 2.77. The van der Waals surface area contributed by atoms with E-state index in [1.54, 1.807) is 6.07 Å². The van der Waals surface area contributed by atoms with Crippen LogP contribution in [0.3, 0.4) is 0 Å². The van der Waals surface area contributed by atoms with Gasteiger partial charge in [0.2, 0.25) is 0 Å². The number of aliphatic hydroxyl groups is 2. The predicted octanol–water partition coefficient (Wildman–Crippen LogP) is 0.234. The molecule has 2 fully saturated rings. The molecule has 0 aromatic heterocycles. The quantitative estimate of drug-likeness (QED) is 0.635. The Morgan fingerprint density at radius 1 is 1.39 bits per heavy atom. The van der Waals surface area contributed by atoms with Crippen LogP contribution in [0.1, 0.15) is 36.9 Å². The number of ether oxygens (including phenoxy) is 1. The van der Waals surface area contributed by atoms with Gasteiger partial charge in [-0.05, 0) is 32.0 Å². The van der Waals surface area contributed by atoms with Gasteiger partial charge < -0.3 is 20.1 Å². The number of hydrogen-bond donors (Lipinski definition) is 3. The molecule has 1 spiro atoms. The molecule has 1 saturated heterocycles. The number of likely N-dealkylation sites (tertiary alicyclic amines) is 1. The summed E-state index contributed by atoms with van der Waals surface area (Å²) in [6, 6.07) is 3.14. The minimum atomic E-state index is -1.48. The zero-order valence-corrected chi connectivity index (χ0v) is 13.0. The number of ketones is 1. The first-order chi connectivity index (χ1) is 10.8. The van der Waals surface area contributed by atoms with E-state index in [0.29, 0.717) is 12.2 Å². The summed E-state index contributed by atoms with van der Waals surface area (Å²) in [5.41, 5.74) is -0.756. The number of nitrogens with zero attached hydrogens (tertiary/aromatic N) is 1. The van der Waals surface area contributed by atoms with Crippen molar-refractivity contribution in [2.24, 2.45) is 0 Å². The molecule has 2 bridgehead atoms. The first-order valence-corrected chi connectivity index (χ1v) is 8.02. The molecule has 0 amide bonds. The van der Waals surface area contributed by atoms with Crippen LogP contribution in [0.15, 0.2) is 12.1 Å². The van der Waals surface area contributed by atoms with E-state index in [1.165, 1.54) is 0 Å².